The van der Waals surface area contributed by atoms with E-state index >= 15 is 14.4 Å². The molecule has 2 fully saturated rings. The summed E-state index contributed by atoms with van der Waals surface area (Å²) in [6.45, 7) is -0.767. The third kappa shape index (κ3) is 6.98. The second-order valence-corrected chi connectivity index (χ2v) is 14.8. The Morgan fingerprint density at radius 3 is 2.12 bits per heavy atom. The zero-order chi connectivity index (χ0) is 41.8. The van der Waals surface area contributed by atoms with Crippen LogP contribution in [-0.2, 0) is 34.0 Å². The summed E-state index contributed by atoms with van der Waals surface area (Å²) < 4.78 is 23.4. The van der Waals surface area contributed by atoms with Gasteiger partial charge in [0.1, 0.15) is 36.5 Å². The molecule has 3 amide bonds. The van der Waals surface area contributed by atoms with Gasteiger partial charge in [-0.3, -0.25) is 19.3 Å². The number of cyclic esters (lactones) is 1. The van der Waals surface area contributed by atoms with Crippen LogP contribution < -0.4 is 15.0 Å². The number of esters is 1. The minimum Gasteiger partial charge on any atom is -0.491 e. The van der Waals surface area contributed by atoms with Gasteiger partial charge in [-0.05, 0) is 34.4 Å². The van der Waals surface area contributed by atoms with Gasteiger partial charge in [0.2, 0.25) is 11.8 Å². The van der Waals surface area contributed by atoms with Crippen LogP contribution in [0.1, 0.15) is 52.1 Å². The van der Waals surface area contributed by atoms with E-state index in [-0.39, 0.29) is 38.7 Å². The molecular formula is C47H45N3O10. The van der Waals surface area contributed by atoms with Crippen molar-refractivity contribution in [2.75, 3.05) is 45.0 Å². The predicted octanol–water partition coefficient (Wildman–Crippen LogP) is 5.36. The van der Waals surface area contributed by atoms with Crippen LogP contribution in [0.5, 0.6) is 5.75 Å². The van der Waals surface area contributed by atoms with E-state index in [1.807, 2.05) is 71.6 Å². The van der Waals surface area contributed by atoms with Crippen molar-refractivity contribution in [2.45, 2.75) is 35.7 Å². The number of rotatable bonds is 13. The predicted molar refractivity (Wildman–Crippen MR) is 219 cm³/mol. The average molecular weight is 812 g/mol. The molecule has 3 aliphatic rings. The number of imide groups is 1. The van der Waals surface area contributed by atoms with Crippen molar-refractivity contribution < 1.29 is 48.3 Å². The molecule has 60 heavy (non-hydrogen) atoms. The summed E-state index contributed by atoms with van der Waals surface area (Å²) in [6, 6.07) is 37.7. The smallest absolute Gasteiger partial charge is 0.421 e. The standard InChI is InChI=1S/C47H45N3O10/c1-57-27-28-59-46(56)49-35-23-13-12-22-34(35)47(45(49)55)38(43(53)48-29-36(52)30-15-5-2-6-16-30)40-44(54)60-41(32-19-9-4-10-20-32)39(31-17-7-3-8-18-31)50(40)42(47)33-21-11-14-24-37(33)58-26-25-51/h2-24,36,38-42,51-52H,25-29H2,1H3,(H,48,53)/t36-,38+,39+,40+,41-,42-,47+/m0/s1. The average Bonchev–Trinajstić information content (AvgIpc) is 3.75. The van der Waals surface area contributed by atoms with Gasteiger partial charge in [-0.15, -0.1) is 0 Å². The number of aliphatic hydroxyl groups is 2. The molecule has 3 aliphatic heterocycles. The van der Waals surface area contributed by atoms with Crippen LogP contribution in [0.2, 0.25) is 0 Å². The van der Waals surface area contributed by atoms with Crippen molar-refractivity contribution >= 4 is 29.6 Å². The number of carbonyl (C=O) groups excluding carboxylic acids is 4. The van der Waals surface area contributed by atoms with Crippen molar-refractivity contribution in [3.05, 3.63) is 167 Å². The van der Waals surface area contributed by atoms with Crippen LogP contribution in [0.15, 0.2) is 140 Å². The Hall–Kier alpha value is -6.38. The first-order chi connectivity index (χ1) is 29.3. The maximum atomic E-state index is 16.0. The number of aliphatic hydroxyl groups excluding tert-OH is 2. The van der Waals surface area contributed by atoms with E-state index in [2.05, 4.69) is 5.32 Å². The van der Waals surface area contributed by atoms with Gasteiger partial charge < -0.3 is 34.5 Å². The number of anilines is 1. The number of hydrogen-bond donors (Lipinski definition) is 3. The Bertz CT molecular complexity index is 2330. The summed E-state index contributed by atoms with van der Waals surface area (Å²) in [5.74, 6) is -3.55. The van der Waals surface area contributed by atoms with Crippen LogP contribution in [0.25, 0.3) is 0 Å². The van der Waals surface area contributed by atoms with Crippen molar-refractivity contribution in [1.82, 2.24) is 10.2 Å². The second kappa shape index (κ2) is 17.5. The molecule has 7 atom stereocenters. The molecule has 0 radical (unpaired) electrons. The molecule has 1 spiro atoms. The van der Waals surface area contributed by atoms with Gasteiger partial charge in [-0.1, -0.05) is 127 Å². The number of methoxy groups -OCH3 is 1. The van der Waals surface area contributed by atoms with E-state index in [4.69, 9.17) is 18.9 Å². The maximum absolute atomic E-state index is 16.0. The van der Waals surface area contributed by atoms with Crippen LogP contribution in [0, 0.1) is 5.92 Å². The van der Waals surface area contributed by atoms with Gasteiger partial charge in [0.15, 0.2) is 0 Å². The zero-order valence-electron chi connectivity index (χ0n) is 32.8. The molecule has 5 aromatic carbocycles. The van der Waals surface area contributed by atoms with E-state index in [1.165, 1.54) is 7.11 Å². The second-order valence-electron chi connectivity index (χ2n) is 14.8. The van der Waals surface area contributed by atoms with Crippen molar-refractivity contribution in [3.63, 3.8) is 0 Å². The highest BCUT2D eigenvalue weighted by molar-refractivity contribution is 6.23. The monoisotopic (exact) mass is 811 g/mol. The molecule has 2 saturated heterocycles. The highest BCUT2D eigenvalue weighted by Gasteiger charge is 2.76. The number of morpholine rings is 1. The van der Waals surface area contributed by atoms with E-state index in [0.717, 1.165) is 10.5 Å². The molecule has 0 bridgehead atoms. The minimum absolute atomic E-state index is 0.0643. The molecule has 13 nitrogen and oxygen atoms in total. The fourth-order valence-corrected chi connectivity index (χ4v) is 9.18. The SMILES string of the molecule is COCCOC(=O)N1C(=O)[C@@]2(c3ccccc31)[C@H](c1ccccc1OCCO)N1[C@H](c3ccccc3)[C@H](c3ccccc3)OC(=O)[C@H]1[C@@H]2C(=O)NC[C@H](O)c1ccccc1. The quantitative estimate of drug-likeness (QED) is 0.104. The summed E-state index contributed by atoms with van der Waals surface area (Å²) in [6.07, 6.45) is -3.05. The van der Waals surface area contributed by atoms with Gasteiger partial charge >= 0.3 is 12.1 Å². The molecule has 0 aliphatic carbocycles. The van der Waals surface area contributed by atoms with E-state index in [1.54, 1.807) is 72.8 Å². The number of benzene rings is 5. The van der Waals surface area contributed by atoms with Gasteiger partial charge in [0.05, 0.1) is 43.0 Å². The Morgan fingerprint density at radius 1 is 0.783 bits per heavy atom. The summed E-state index contributed by atoms with van der Waals surface area (Å²) in [5.41, 5.74) is 0.830. The molecule has 8 rings (SSSR count). The number of amides is 3. The highest BCUT2D eigenvalue weighted by Crippen LogP contribution is 2.66. The third-order valence-electron chi connectivity index (χ3n) is 11.6. The number of nitrogens with zero attached hydrogens (tertiary/aromatic N) is 2. The van der Waals surface area contributed by atoms with Gasteiger partial charge in [-0.25, -0.2) is 9.69 Å². The lowest BCUT2D eigenvalue weighted by Gasteiger charge is -2.46. The normalized spacial score (nSPS) is 23.7. The maximum Gasteiger partial charge on any atom is 0.421 e. The largest absolute Gasteiger partial charge is 0.491 e. The molecule has 0 aromatic heterocycles. The van der Waals surface area contributed by atoms with Gasteiger partial charge in [0.25, 0.3) is 0 Å². The molecule has 3 heterocycles. The number of carbonyl (C=O) groups is 4. The molecule has 0 saturated carbocycles. The number of fused-ring (bicyclic) bond motifs is 3. The van der Waals surface area contributed by atoms with Crippen molar-refractivity contribution in [3.8, 4) is 5.75 Å². The third-order valence-corrected chi connectivity index (χ3v) is 11.6. The van der Waals surface area contributed by atoms with Crippen LogP contribution in [-0.4, -0.2) is 85.1 Å². The zero-order valence-corrected chi connectivity index (χ0v) is 32.8. The number of hydrogen-bond acceptors (Lipinski definition) is 11. The Kier molecular flexibility index (Phi) is 11.8. The summed E-state index contributed by atoms with van der Waals surface area (Å²) in [5, 5.41) is 24.1. The number of para-hydroxylation sites is 2. The van der Waals surface area contributed by atoms with Crippen LogP contribution in [0.4, 0.5) is 10.5 Å². The topological polar surface area (TPSA) is 164 Å². The minimum atomic E-state index is -2.03. The first-order valence-corrected chi connectivity index (χ1v) is 19.8. The number of nitrogens with one attached hydrogen (secondary N) is 1. The Labute approximate surface area is 347 Å². The summed E-state index contributed by atoms with van der Waals surface area (Å²) in [4.78, 5) is 63.5. The van der Waals surface area contributed by atoms with Crippen LogP contribution in [0.3, 0.4) is 0 Å². The highest BCUT2D eigenvalue weighted by atomic mass is 16.6. The fraction of sp³-hybridized carbons (Fsp3) is 0.277. The molecule has 0 unspecified atom stereocenters. The van der Waals surface area contributed by atoms with Crippen molar-refractivity contribution in [2.24, 2.45) is 5.92 Å². The molecular weight excluding hydrogens is 767 g/mol. The van der Waals surface area contributed by atoms with E-state index < -0.39 is 65.5 Å². The number of ether oxygens (including phenoxy) is 4. The lowest BCUT2D eigenvalue weighted by atomic mass is 9.65. The lowest BCUT2D eigenvalue weighted by Crippen LogP contribution is -2.56. The van der Waals surface area contributed by atoms with Gasteiger partial charge in [0, 0.05) is 19.2 Å². The Balaban J connectivity index is 1.41. The Morgan fingerprint density at radius 2 is 1.42 bits per heavy atom. The fourth-order valence-electron chi connectivity index (χ4n) is 9.18. The van der Waals surface area contributed by atoms with E-state index in [0.29, 0.717) is 28.0 Å². The van der Waals surface area contributed by atoms with Crippen LogP contribution >= 0.6 is 0 Å². The van der Waals surface area contributed by atoms with E-state index in [9.17, 15) is 15.0 Å². The molecule has 13 heteroatoms. The first-order valence-electron chi connectivity index (χ1n) is 19.8. The first kappa shape index (κ1) is 40.4. The molecule has 308 valence electrons. The summed E-state index contributed by atoms with van der Waals surface area (Å²) >= 11 is 0. The molecule has 3 N–H and O–H groups in total. The molecule has 5 aromatic rings. The van der Waals surface area contributed by atoms with Crippen molar-refractivity contribution in [1.29, 1.82) is 0 Å². The lowest BCUT2D eigenvalue weighted by molar-refractivity contribution is -0.178. The summed E-state index contributed by atoms with van der Waals surface area (Å²) in [7, 11) is 1.46. The van der Waals surface area contributed by atoms with Gasteiger partial charge in [-0.2, -0.15) is 0 Å².